The summed E-state index contributed by atoms with van der Waals surface area (Å²) in [5, 5.41) is 12.0. The summed E-state index contributed by atoms with van der Waals surface area (Å²) in [6.45, 7) is 4.47. The van der Waals surface area contributed by atoms with Crippen LogP contribution in [0.1, 0.15) is 39.5 Å². The Bertz CT molecular complexity index is 431. The first-order chi connectivity index (χ1) is 10.2. The van der Waals surface area contributed by atoms with Gasteiger partial charge in [-0.2, -0.15) is 0 Å². The maximum atomic E-state index is 12.3. The highest BCUT2D eigenvalue weighted by Crippen LogP contribution is 2.21. The molecule has 1 aliphatic heterocycles. The van der Waals surface area contributed by atoms with Crippen LogP contribution in [0.4, 0.5) is 4.79 Å². The molecular weight excluding hydrogens is 286 g/mol. The SMILES string of the molecule is CCCC(C)(NC(=O)C1CCN(C(=O)N(C)C)CC1)C(=O)O. The molecule has 1 saturated heterocycles. The first-order valence-corrected chi connectivity index (χ1v) is 7.73. The number of hydrogen-bond donors (Lipinski definition) is 2. The van der Waals surface area contributed by atoms with E-state index in [0.29, 0.717) is 38.8 Å². The molecule has 0 aromatic heterocycles. The fraction of sp³-hybridized carbons (Fsp3) is 0.800. The Balaban J connectivity index is 2.59. The van der Waals surface area contributed by atoms with Gasteiger partial charge in [0.1, 0.15) is 5.54 Å². The number of nitrogens with one attached hydrogen (secondary N) is 1. The number of carbonyl (C=O) groups is 3. The average molecular weight is 313 g/mol. The highest BCUT2D eigenvalue weighted by molar-refractivity contribution is 5.88. The van der Waals surface area contributed by atoms with Gasteiger partial charge in [-0.25, -0.2) is 9.59 Å². The number of aliphatic carboxylic acids is 1. The third-order valence-corrected chi connectivity index (χ3v) is 4.14. The second kappa shape index (κ2) is 7.47. The lowest BCUT2D eigenvalue weighted by atomic mass is 9.91. The van der Waals surface area contributed by atoms with E-state index in [1.165, 1.54) is 4.90 Å². The lowest BCUT2D eigenvalue weighted by Crippen LogP contribution is -2.55. The van der Waals surface area contributed by atoms with Crippen LogP contribution in [-0.2, 0) is 9.59 Å². The van der Waals surface area contributed by atoms with Crippen molar-refractivity contribution in [3.05, 3.63) is 0 Å². The van der Waals surface area contributed by atoms with Gasteiger partial charge in [0.05, 0.1) is 0 Å². The summed E-state index contributed by atoms with van der Waals surface area (Å²) in [5.74, 6) is -1.47. The van der Waals surface area contributed by atoms with Crippen molar-refractivity contribution in [1.29, 1.82) is 0 Å². The molecule has 0 saturated carbocycles. The standard InChI is InChI=1S/C15H27N3O4/c1-5-8-15(2,13(20)21)16-12(19)11-6-9-18(10-7-11)14(22)17(3)4/h11H,5-10H2,1-4H3,(H,16,19)(H,20,21). The molecule has 0 radical (unpaired) electrons. The first kappa shape index (κ1) is 18.3. The molecule has 22 heavy (non-hydrogen) atoms. The van der Waals surface area contributed by atoms with Gasteiger partial charge in [-0.05, 0) is 26.2 Å². The largest absolute Gasteiger partial charge is 0.480 e. The van der Waals surface area contributed by atoms with Gasteiger partial charge < -0.3 is 20.2 Å². The zero-order valence-electron chi connectivity index (χ0n) is 13.9. The molecule has 1 atom stereocenters. The first-order valence-electron chi connectivity index (χ1n) is 7.73. The normalized spacial score (nSPS) is 18.5. The van der Waals surface area contributed by atoms with Crippen LogP contribution < -0.4 is 5.32 Å². The molecule has 0 aromatic rings. The molecule has 0 spiro atoms. The number of piperidine rings is 1. The van der Waals surface area contributed by atoms with Crippen LogP contribution in [0.5, 0.6) is 0 Å². The minimum atomic E-state index is -1.22. The quantitative estimate of drug-likeness (QED) is 0.796. The number of carboxylic acids is 1. The molecule has 1 unspecified atom stereocenters. The summed E-state index contributed by atoms with van der Waals surface area (Å²) in [6, 6.07) is -0.0554. The van der Waals surface area contributed by atoms with Gasteiger partial charge in [-0.1, -0.05) is 13.3 Å². The maximum Gasteiger partial charge on any atom is 0.329 e. The van der Waals surface area contributed by atoms with Crippen molar-refractivity contribution in [2.24, 2.45) is 5.92 Å². The number of likely N-dealkylation sites (tertiary alicyclic amines) is 1. The van der Waals surface area contributed by atoms with Gasteiger partial charge >= 0.3 is 12.0 Å². The molecule has 2 N–H and O–H groups in total. The Morgan fingerprint density at radius 3 is 2.23 bits per heavy atom. The van der Waals surface area contributed by atoms with Crippen LogP contribution in [0.2, 0.25) is 0 Å². The molecule has 126 valence electrons. The van der Waals surface area contributed by atoms with E-state index in [2.05, 4.69) is 5.32 Å². The van der Waals surface area contributed by atoms with Crippen molar-refractivity contribution >= 4 is 17.9 Å². The lowest BCUT2D eigenvalue weighted by Gasteiger charge is -2.34. The second-order valence-corrected chi connectivity index (χ2v) is 6.31. The zero-order chi connectivity index (χ0) is 16.9. The molecule has 1 heterocycles. The predicted octanol–water partition coefficient (Wildman–Crippen LogP) is 1.14. The summed E-state index contributed by atoms with van der Waals surface area (Å²) in [4.78, 5) is 38.8. The van der Waals surface area contributed by atoms with Crippen molar-refractivity contribution in [1.82, 2.24) is 15.1 Å². The molecule has 3 amide bonds. The summed E-state index contributed by atoms with van der Waals surface area (Å²) >= 11 is 0. The van der Waals surface area contributed by atoms with Crippen LogP contribution in [0.3, 0.4) is 0 Å². The molecule has 1 aliphatic rings. The molecule has 1 fully saturated rings. The Morgan fingerprint density at radius 1 is 1.27 bits per heavy atom. The van der Waals surface area contributed by atoms with E-state index in [-0.39, 0.29) is 17.9 Å². The number of urea groups is 1. The summed E-state index contributed by atoms with van der Waals surface area (Å²) in [5.41, 5.74) is -1.22. The maximum absolute atomic E-state index is 12.3. The van der Waals surface area contributed by atoms with Crippen molar-refractivity contribution in [3.8, 4) is 0 Å². The van der Waals surface area contributed by atoms with E-state index in [1.54, 1.807) is 25.9 Å². The van der Waals surface area contributed by atoms with Gasteiger partial charge in [0.25, 0.3) is 0 Å². The number of amides is 3. The highest BCUT2D eigenvalue weighted by Gasteiger charge is 2.37. The number of hydrogen-bond acceptors (Lipinski definition) is 3. The molecule has 0 bridgehead atoms. The van der Waals surface area contributed by atoms with E-state index in [1.807, 2.05) is 6.92 Å². The van der Waals surface area contributed by atoms with Crippen molar-refractivity contribution in [3.63, 3.8) is 0 Å². The smallest absolute Gasteiger partial charge is 0.329 e. The number of nitrogens with zero attached hydrogens (tertiary/aromatic N) is 2. The fourth-order valence-corrected chi connectivity index (χ4v) is 2.71. The van der Waals surface area contributed by atoms with Gasteiger partial charge in [0, 0.05) is 33.1 Å². The monoisotopic (exact) mass is 313 g/mol. The average Bonchev–Trinajstić information content (AvgIpc) is 2.46. The number of carbonyl (C=O) groups excluding carboxylic acids is 2. The molecule has 7 nitrogen and oxygen atoms in total. The predicted molar refractivity (Wildman–Crippen MR) is 82.5 cm³/mol. The lowest BCUT2D eigenvalue weighted by molar-refractivity contribution is -0.148. The van der Waals surface area contributed by atoms with Crippen molar-refractivity contribution < 1.29 is 19.5 Å². The van der Waals surface area contributed by atoms with Crippen LogP contribution in [0, 0.1) is 5.92 Å². The van der Waals surface area contributed by atoms with Gasteiger partial charge in [0.2, 0.25) is 5.91 Å². The van der Waals surface area contributed by atoms with E-state index in [4.69, 9.17) is 0 Å². The Labute approximate surface area is 131 Å². The van der Waals surface area contributed by atoms with E-state index < -0.39 is 11.5 Å². The third kappa shape index (κ3) is 4.35. The molecular formula is C15H27N3O4. The second-order valence-electron chi connectivity index (χ2n) is 6.31. The van der Waals surface area contributed by atoms with Gasteiger partial charge in [0.15, 0.2) is 0 Å². The van der Waals surface area contributed by atoms with Crippen molar-refractivity contribution in [2.75, 3.05) is 27.2 Å². The van der Waals surface area contributed by atoms with E-state index >= 15 is 0 Å². The highest BCUT2D eigenvalue weighted by atomic mass is 16.4. The summed E-state index contributed by atoms with van der Waals surface area (Å²) in [6.07, 6.45) is 2.20. The van der Waals surface area contributed by atoms with Crippen LogP contribution in [-0.4, -0.2) is 65.5 Å². The van der Waals surface area contributed by atoms with Crippen LogP contribution in [0.15, 0.2) is 0 Å². The van der Waals surface area contributed by atoms with Crippen LogP contribution >= 0.6 is 0 Å². The van der Waals surface area contributed by atoms with Gasteiger partial charge in [-0.15, -0.1) is 0 Å². The van der Waals surface area contributed by atoms with E-state index in [9.17, 15) is 19.5 Å². The molecule has 7 heteroatoms. The molecule has 0 aliphatic carbocycles. The fourth-order valence-electron chi connectivity index (χ4n) is 2.71. The van der Waals surface area contributed by atoms with Gasteiger partial charge in [-0.3, -0.25) is 4.79 Å². The zero-order valence-corrected chi connectivity index (χ0v) is 13.9. The number of carboxylic acid groups (broad SMARTS) is 1. The Morgan fingerprint density at radius 2 is 1.82 bits per heavy atom. The number of rotatable bonds is 5. The minimum absolute atomic E-state index is 0.0554. The molecule has 0 aromatic carbocycles. The van der Waals surface area contributed by atoms with E-state index in [0.717, 1.165) is 0 Å². The topological polar surface area (TPSA) is 90.0 Å². The Hall–Kier alpha value is -1.79. The molecule has 1 rings (SSSR count). The van der Waals surface area contributed by atoms with Crippen LogP contribution in [0.25, 0.3) is 0 Å². The van der Waals surface area contributed by atoms with Crippen molar-refractivity contribution in [2.45, 2.75) is 45.1 Å². The minimum Gasteiger partial charge on any atom is -0.480 e. The summed E-state index contributed by atoms with van der Waals surface area (Å²) < 4.78 is 0. The summed E-state index contributed by atoms with van der Waals surface area (Å²) in [7, 11) is 3.40. The third-order valence-electron chi connectivity index (χ3n) is 4.14. The Kier molecular flexibility index (Phi) is 6.20.